The molecule has 0 bridgehead atoms. The Morgan fingerprint density at radius 1 is 1.53 bits per heavy atom. The zero-order valence-corrected chi connectivity index (χ0v) is 9.59. The number of rotatable bonds is 1. The van der Waals surface area contributed by atoms with Gasteiger partial charge in [-0.05, 0) is 6.07 Å². The summed E-state index contributed by atoms with van der Waals surface area (Å²) < 4.78 is 5.52. The molecule has 0 saturated carbocycles. The Morgan fingerprint density at radius 2 is 2.27 bits per heavy atom. The normalized spacial score (nSPS) is 23.7. The number of para-hydroxylation sites is 1. The zero-order valence-electron chi connectivity index (χ0n) is 8.02. The van der Waals surface area contributed by atoms with Gasteiger partial charge in [-0.2, -0.15) is 0 Å². The number of nitrogens with two attached hydrogens (primary N) is 1. The highest BCUT2D eigenvalue weighted by Crippen LogP contribution is 2.38. The van der Waals surface area contributed by atoms with E-state index in [0.717, 1.165) is 5.56 Å². The second kappa shape index (κ2) is 5.03. The minimum Gasteiger partial charge on any atom is -0.486 e. The fourth-order valence-electron chi connectivity index (χ4n) is 1.68. The first-order chi connectivity index (χ1) is 6.72. The molecule has 3 N–H and O–H groups in total. The van der Waals surface area contributed by atoms with Gasteiger partial charge in [0.2, 0.25) is 0 Å². The molecule has 15 heavy (non-hydrogen) atoms. The van der Waals surface area contributed by atoms with Crippen molar-refractivity contribution in [3.63, 3.8) is 0 Å². The SMILES string of the molecule is Cl.NC1CC(CO)Oc2c(Cl)cccc21. The summed E-state index contributed by atoms with van der Waals surface area (Å²) in [5, 5.41) is 9.55. The molecule has 2 atom stereocenters. The third kappa shape index (κ3) is 2.37. The molecule has 0 amide bonds. The summed E-state index contributed by atoms with van der Waals surface area (Å²) in [5.41, 5.74) is 6.85. The maximum Gasteiger partial charge on any atom is 0.143 e. The largest absolute Gasteiger partial charge is 0.486 e. The summed E-state index contributed by atoms with van der Waals surface area (Å²) in [7, 11) is 0. The van der Waals surface area contributed by atoms with Gasteiger partial charge in [-0.3, -0.25) is 0 Å². The van der Waals surface area contributed by atoms with Gasteiger partial charge in [0.15, 0.2) is 0 Å². The summed E-state index contributed by atoms with van der Waals surface area (Å²) >= 11 is 5.97. The van der Waals surface area contributed by atoms with Gasteiger partial charge in [0.1, 0.15) is 11.9 Å². The Kier molecular flexibility index (Phi) is 4.22. The van der Waals surface area contributed by atoms with E-state index in [1.807, 2.05) is 12.1 Å². The minimum absolute atomic E-state index is 0. The molecule has 1 aromatic rings. The number of aliphatic hydroxyl groups is 1. The molecular formula is C10H13Cl2NO2. The number of hydrogen-bond acceptors (Lipinski definition) is 3. The van der Waals surface area contributed by atoms with Crippen LogP contribution in [0.15, 0.2) is 18.2 Å². The topological polar surface area (TPSA) is 55.5 Å². The number of halogens is 2. The van der Waals surface area contributed by atoms with Gasteiger partial charge >= 0.3 is 0 Å². The maximum absolute atomic E-state index is 9.00. The smallest absolute Gasteiger partial charge is 0.143 e. The molecular weight excluding hydrogens is 237 g/mol. The number of ether oxygens (including phenoxy) is 1. The molecule has 0 aromatic heterocycles. The average Bonchev–Trinajstić information content (AvgIpc) is 2.19. The molecule has 2 unspecified atom stereocenters. The van der Waals surface area contributed by atoms with Crippen LogP contribution in [0.1, 0.15) is 18.0 Å². The second-order valence-corrected chi connectivity index (χ2v) is 3.83. The van der Waals surface area contributed by atoms with Crippen LogP contribution in [0, 0.1) is 0 Å². The van der Waals surface area contributed by atoms with Crippen LogP contribution in [0.4, 0.5) is 0 Å². The number of hydrogen-bond donors (Lipinski definition) is 2. The van der Waals surface area contributed by atoms with Crippen LogP contribution >= 0.6 is 24.0 Å². The van der Waals surface area contributed by atoms with E-state index in [-0.39, 0.29) is 31.2 Å². The summed E-state index contributed by atoms with van der Waals surface area (Å²) in [5.74, 6) is 0.618. The van der Waals surface area contributed by atoms with Crippen LogP contribution in [0.2, 0.25) is 5.02 Å². The summed E-state index contributed by atoms with van der Waals surface area (Å²) in [4.78, 5) is 0. The van der Waals surface area contributed by atoms with E-state index < -0.39 is 0 Å². The Bertz CT molecular complexity index is 346. The second-order valence-electron chi connectivity index (χ2n) is 3.42. The van der Waals surface area contributed by atoms with Crippen LogP contribution < -0.4 is 10.5 Å². The van der Waals surface area contributed by atoms with Gasteiger partial charge in [-0.15, -0.1) is 12.4 Å². The molecule has 1 heterocycles. The molecule has 1 aliphatic heterocycles. The standard InChI is InChI=1S/C10H12ClNO2.ClH/c11-8-3-1-2-7-9(12)4-6(5-13)14-10(7)8;/h1-3,6,9,13H,4-5,12H2;1H. The van der Waals surface area contributed by atoms with E-state index in [1.54, 1.807) is 6.07 Å². The van der Waals surface area contributed by atoms with Crippen LogP contribution in [0.5, 0.6) is 5.75 Å². The molecule has 2 rings (SSSR count). The lowest BCUT2D eigenvalue weighted by Gasteiger charge is -2.29. The molecule has 1 aromatic carbocycles. The van der Waals surface area contributed by atoms with Crippen molar-refractivity contribution in [2.24, 2.45) is 5.73 Å². The predicted molar refractivity (Wildman–Crippen MR) is 61.7 cm³/mol. The fraction of sp³-hybridized carbons (Fsp3) is 0.400. The van der Waals surface area contributed by atoms with Gasteiger partial charge in [-0.25, -0.2) is 0 Å². The predicted octanol–water partition coefficient (Wildman–Crippen LogP) is 1.90. The molecule has 0 aliphatic carbocycles. The summed E-state index contributed by atoms with van der Waals surface area (Å²) in [6.45, 7) is -0.0294. The van der Waals surface area contributed by atoms with Crippen molar-refractivity contribution < 1.29 is 9.84 Å². The van der Waals surface area contributed by atoms with Crippen LogP contribution in [-0.2, 0) is 0 Å². The Labute approximate surface area is 99.6 Å². The van der Waals surface area contributed by atoms with Gasteiger partial charge in [-0.1, -0.05) is 23.7 Å². The maximum atomic E-state index is 9.00. The highest BCUT2D eigenvalue weighted by molar-refractivity contribution is 6.32. The van der Waals surface area contributed by atoms with E-state index >= 15 is 0 Å². The van der Waals surface area contributed by atoms with E-state index in [2.05, 4.69) is 0 Å². The van der Waals surface area contributed by atoms with Crippen molar-refractivity contribution in [1.82, 2.24) is 0 Å². The van der Waals surface area contributed by atoms with Crippen molar-refractivity contribution in [3.05, 3.63) is 28.8 Å². The van der Waals surface area contributed by atoms with Gasteiger partial charge in [0.05, 0.1) is 11.6 Å². The molecule has 3 nitrogen and oxygen atoms in total. The minimum atomic E-state index is -0.239. The van der Waals surface area contributed by atoms with E-state index in [0.29, 0.717) is 17.2 Å². The van der Waals surface area contributed by atoms with Crippen LogP contribution in [0.3, 0.4) is 0 Å². The van der Waals surface area contributed by atoms with Crippen LogP contribution in [-0.4, -0.2) is 17.8 Å². The van der Waals surface area contributed by atoms with Crippen LogP contribution in [0.25, 0.3) is 0 Å². The number of fused-ring (bicyclic) bond motifs is 1. The molecule has 0 radical (unpaired) electrons. The third-order valence-electron chi connectivity index (χ3n) is 2.40. The molecule has 0 spiro atoms. The summed E-state index contributed by atoms with van der Waals surface area (Å²) in [6, 6.07) is 5.41. The van der Waals surface area contributed by atoms with Gasteiger partial charge < -0.3 is 15.6 Å². The van der Waals surface area contributed by atoms with Gasteiger partial charge in [0.25, 0.3) is 0 Å². The fourth-order valence-corrected chi connectivity index (χ4v) is 1.91. The van der Waals surface area contributed by atoms with Gasteiger partial charge in [0, 0.05) is 18.0 Å². The first kappa shape index (κ1) is 12.6. The van der Waals surface area contributed by atoms with Crippen molar-refractivity contribution in [1.29, 1.82) is 0 Å². The third-order valence-corrected chi connectivity index (χ3v) is 2.70. The average molecular weight is 250 g/mol. The quantitative estimate of drug-likeness (QED) is 0.800. The van der Waals surface area contributed by atoms with Crippen molar-refractivity contribution in [2.45, 2.75) is 18.6 Å². The summed E-state index contributed by atoms with van der Waals surface area (Å²) in [6.07, 6.45) is 0.390. The number of aliphatic hydroxyl groups excluding tert-OH is 1. The molecule has 0 saturated heterocycles. The van der Waals surface area contributed by atoms with Crippen molar-refractivity contribution in [3.8, 4) is 5.75 Å². The monoisotopic (exact) mass is 249 g/mol. The lowest BCUT2D eigenvalue weighted by molar-refractivity contribution is 0.0889. The first-order valence-corrected chi connectivity index (χ1v) is 4.91. The highest BCUT2D eigenvalue weighted by atomic mass is 35.5. The van der Waals surface area contributed by atoms with Crippen molar-refractivity contribution >= 4 is 24.0 Å². The molecule has 5 heteroatoms. The molecule has 1 aliphatic rings. The zero-order chi connectivity index (χ0) is 10.1. The van der Waals surface area contributed by atoms with E-state index in [4.69, 9.17) is 27.2 Å². The highest BCUT2D eigenvalue weighted by Gasteiger charge is 2.26. The Hall–Kier alpha value is -0.480. The Balaban J connectivity index is 0.00000112. The molecule has 0 fully saturated rings. The van der Waals surface area contributed by atoms with Crippen molar-refractivity contribution in [2.75, 3.05) is 6.61 Å². The number of benzene rings is 1. The lowest BCUT2D eigenvalue weighted by atomic mass is 9.98. The van der Waals surface area contributed by atoms with E-state index in [9.17, 15) is 0 Å². The first-order valence-electron chi connectivity index (χ1n) is 4.54. The van der Waals surface area contributed by atoms with E-state index in [1.165, 1.54) is 0 Å². The lowest BCUT2D eigenvalue weighted by Crippen LogP contribution is -2.32. The Morgan fingerprint density at radius 3 is 2.93 bits per heavy atom. The molecule has 84 valence electrons.